The molecule has 1 atom stereocenters. The molecule has 0 saturated heterocycles. The first-order valence-corrected chi connectivity index (χ1v) is 7.37. The first-order valence-electron chi connectivity index (χ1n) is 7.37. The van der Waals surface area contributed by atoms with Crippen LogP contribution in [0.25, 0.3) is 0 Å². The van der Waals surface area contributed by atoms with Gasteiger partial charge in [0.15, 0.2) is 11.4 Å². The largest absolute Gasteiger partial charge is 0.464 e. The zero-order valence-electron chi connectivity index (χ0n) is 14.1. The van der Waals surface area contributed by atoms with Crippen molar-refractivity contribution in [2.24, 2.45) is 0 Å². The summed E-state index contributed by atoms with van der Waals surface area (Å²) in [5.74, 6) is -0.915. The number of aromatic nitrogens is 2. The third-order valence-electron chi connectivity index (χ3n) is 3.66. The minimum absolute atomic E-state index is 0.0482. The molecule has 0 bridgehead atoms. The number of methoxy groups -OCH3 is 3. The van der Waals surface area contributed by atoms with Crippen molar-refractivity contribution in [2.45, 2.75) is 19.6 Å². The van der Waals surface area contributed by atoms with E-state index in [1.807, 2.05) is 30.3 Å². The zero-order chi connectivity index (χ0) is 17.7. The average molecular weight is 332 g/mol. The second-order valence-corrected chi connectivity index (χ2v) is 5.10. The molecule has 1 unspecified atom stereocenters. The quantitative estimate of drug-likeness (QED) is 0.755. The van der Waals surface area contributed by atoms with Crippen molar-refractivity contribution in [1.82, 2.24) is 9.55 Å². The van der Waals surface area contributed by atoms with E-state index in [0.29, 0.717) is 12.4 Å². The highest BCUT2D eigenvalue weighted by molar-refractivity contribution is 6.00. The summed E-state index contributed by atoms with van der Waals surface area (Å²) in [4.78, 5) is 28.6. The number of hydrogen-bond acceptors (Lipinski definition) is 6. The lowest BCUT2D eigenvalue weighted by Crippen LogP contribution is -2.18. The molecule has 0 fully saturated rings. The van der Waals surface area contributed by atoms with Gasteiger partial charge in [0, 0.05) is 13.7 Å². The lowest BCUT2D eigenvalue weighted by atomic mass is 10.2. The minimum atomic E-state index is -0.702. The van der Waals surface area contributed by atoms with Crippen molar-refractivity contribution in [3.05, 3.63) is 53.1 Å². The summed E-state index contributed by atoms with van der Waals surface area (Å²) < 4.78 is 16.5. The third-order valence-corrected chi connectivity index (χ3v) is 3.66. The van der Waals surface area contributed by atoms with E-state index in [4.69, 9.17) is 14.2 Å². The summed E-state index contributed by atoms with van der Waals surface area (Å²) in [6.45, 7) is 2.13. The fourth-order valence-corrected chi connectivity index (χ4v) is 2.35. The van der Waals surface area contributed by atoms with Gasteiger partial charge in [0.25, 0.3) is 0 Å². The van der Waals surface area contributed by atoms with Crippen LogP contribution in [-0.4, -0.2) is 42.8 Å². The fraction of sp³-hybridized carbons (Fsp3) is 0.353. The number of carbonyl (C=O) groups excluding carboxylic acids is 2. The molecule has 2 aromatic rings. The number of benzene rings is 1. The molecule has 1 aromatic carbocycles. The number of imidazole rings is 1. The number of rotatable bonds is 6. The van der Waals surface area contributed by atoms with E-state index in [-0.39, 0.29) is 11.4 Å². The molecule has 0 aliphatic heterocycles. The minimum Gasteiger partial charge on any atom is -0.464 e. The molecule has 24 heavy (non-hydrogen) atoms. The smallest absolute Gasteiger partial charge is 0.359 e. The molecule has 0 aliphatic carbocycles. The summed E-state index contributed by atoms with van der Waals surface area (Å²) in [5, 5.41) is 0. The zero-order valence-corrected chi connectivity index (χ0v) is 14.1. The van der Waals surface area contributed by atoms with Crippen LogP contribution in [0.3, 0.4) is 0 Å². The predicted molar refractivity (Wildman–Crippen MR) is 85.9 cm³/mol. The van der Waals surface area contributed by atoms with Crippen LogP contribution < -0.4 is 0 Å². The van der Waals surface area contributed by atoms with Gasteiger partial charge in [-0.2, -0.15) is 0 Å². The van der Waals surface area contributed by atoms with E-state index in [1.54, 1.807) is 11.5 Å². The molecule has 0 amide bonds. The van der Waals surface area contributed by atoms with Crippen LogP contribution in [0.5, 0.6) is 0 Å². The van der Waals surface area contributed by atoms with Gasteiger partial charge in [-0.25, -0.2) is 14.6 Å². The Balaban J connectivity index is 2.64. The highest BCUT2D eigenvalue weighted by atomic mass is 16.5. The third kappa shape index (κ3) is 3.46. The van der Waals surface area contributed by atoms with Crippen LogP contribution in [0.4, 0.5) is 0 Å². The Bertz CT molecular complexity index is 724. The Morgan fingerprint density at radius 3 is 2.25 bits per heavy atom. The molecule has 1 aromatic heterocycles. The molecule has 0 N–H and O–H groups in total. The van der Waals surface area contributed by atoms with E-state index < -0.39 is 18.0 Å². The highest BCUT2D eigenvalue weighted by Crippen LogP contribution is 2.23. The Labute approximate surface area is 140 Å². The van der Waals surface area contributed by atoms with Gasteiger partial charge in [0.2, 0.25) is 0 Å². The van der Waals surface area contributed by atoms with Crippen molar-refractivity contribution in [2.75, 3.05) is 21.3 Å². The SMILES string of the molecule is COC(=O)c1nc(C(C)OC)n(Cc2ccccc2)c1C(=O)OC. The first-order chi connectivity index (χ1) is 11.5. The van der Waals surface area contributed by atoms with Crippen LogP contribution in [0.2, 0.25) is 0 Å². The summed E-state index contributed by atoms with van der Waals surface area (Å²) in [7, 11) is 4.02. The molecule has 128 valence electrons. The molecule has 0 saturated carbocycles. The summed E-state index contributed by atoms with van der Waals surface area (Å²) in [6, 6.07) is 9.52. The van der Waals surface area contributed by atoms with E-state index >= 15 is 0 Å². The number of hydrogen-bond donors (Lipinski definition) is 0. The first kappa shape index (κ1) is 17.7. The van der Waals surface area contributed by atoms with Crippen molar-refractivity contribution in [1.29, 1.82) is 0 Å². The van der Waals surface area contributed by atoms with Gasteiger partial charge in [-0.05, 0) is 12.5 Å². The van der Waals surface area contributed by atoms with Gasteiger partial charge in [-0.1, -0.05) is 30.3 Å². The molecular weight excluding hydrogens is 312 g/mol. The standard InChI is InChI=1S/C17H20N2O5/c1-11(22-2)15-18-13(16(20)23-3)14(17(21)24-4)19(15)10-12-8-6-5-7-9-12/h5-9,11H,10H2,1-4H3. The van der Waals surface area contributed by atoms with Gasteiger partial charge < -0.3 is 18.8 Å². The summed E-state index contributed by atoms with van der Waals surface area (Å²) in [5.41, 5.74) is 0.910. The molecule has 0 spiro atoms. The van der Waals surface area contributed by atoms with E-state index in [1.165, 1.54) is 21.3 Å². The Morgan fingerprint density at radius 2 is 1.71 bits per heavy atom. The molecular formula is C17H20N2O5. The molecule has 0 radical (unpaired) electrons. The van der Waals surface area contributed by atoms with Crippen LogP contribution in [0.15, 0.2) is 30.3 Å². The van der Waals surface area contributed by atoms with E-state index in [2.05, 4.69) is 4.98 Å². The van der Waals surface area contributed by atoms with Gasteiger partial charge in [-0.3, -0.25) is 0 Å². The van der Waals surface area contributed by atoms with E-state index in [0.717, 1.165) is 5.56 Å². The molecule has 1 heterocycles. The highest BCUT2D eigenvalue weighted by Gasteiger charge is 2.30. The lowest BCUT2D eigenvalue weighted by molar-refractivity contribution is 0.0543. The molecule has 7 heteroatoms. The normalized spacial score (nSPS) is 11.8. The predicted octanol–water partition coefficient (Wildman–Crippen LogP) is 2.21. The maximum absolute atomic E-state index is 12.3. The molecule has 0 aliphatic rings. The number of carbonyl (C=O) groups is 2. The summed E-state index contributed by atoms with van der Waals surface area (Å²) >= 11 is 0. The van der Waals surface area contributed by atoms with Crippen LogP contribution in [-0.2, 0) is 20.8 Å². The second kappa shape index (κ2) is 7.74. The second-order valence-electron chi connectivity index (χ2n) is 5.10. The fourth-order valence-electron chi connectivity index (χ4n) is 2.35. The Kier molecular flexibility index (Phi) is 5.70. The molecule has 2 rings (SSSR count). The topological polar surface area (TPSA) is 79.7 Å². The van der Waals surface area contributed by atoms with Crippen LogP contribution >= 0.6 is 0 Å². The molecule has 7 nitrogen and oxygen atoms in total. The van der Waals surface area contributed by atoms with Crippen LogP contribution in [0, 0.1) is 0 Å². The maximum atomic E-state index is 12.3. The van der Waals surface area contributed by atoms with Crippen LogP contribution in [0.1, 0.15) is 45.4 Å². The van der Waals surface area contributed by atoms with Crippen molar-refractivity contribution >= 4 is 11.9 Å². The Hall–Kier alpha value is -2.67. The number of esters is 2. The average Bonchev–Trinajstić information content (AvgIpc) is 2.99. The van der Waals surface area contributed by atoms with Gasteiger partial charge in [-0.15, -0.1) is 0 Å². The maximum Gasteiger partial charge on any atom is 0.359 e. The van der Waals surface area contributed by atoms with Gasteiger partial charge in [0.05, 0.1) is 14.2 Å². The lowest BCUT2D eigenvalue weighted by Gasteiger charge is -2.14. The van der Waals surface area contributed by atoms with Crippen molar-refractivity contribution in [3.63, 3.8) is 0 Å². The monoisotopic (exact) mass is 332 g/mol. The summed E-state index contributed by atoms with van der Waals surface area (Å²) in [6.07, 6.45) is -0.421. The Morgan fingerprint density at radius 1 is 1.08 bits per heavy atom. The van der Waals surface area contributed by atoms with Crippen molar-refractivity contribution in [3.8, 4) is 0 Å². The van der Waals surface area contributed by atoms with E-state index in [9.17, 15) is 9.59 Å². The number of nitrogens with zero attached hydrogens (tertiary/aromatic N) is 2. The van der Waals surface area contributed by atoms with Gasteiger partial charge >= 0.3 is 11.9 Å². The van der Waals surface area contributed by atoms with Crippen molar-refractivity contribution < 1.29 is 23.8 Å². The van der Waals surface area contributed by atoms with Gasteiger partial charge in [0.1, 0.15) is 11.9 Å². The number of ether oxygens (including phenoxy) is 3.